The highest BCUT2D eigenvalue weighted by molar-refractivity contribution is 5.48. The lowest BCUT2D eigenvalue weighted by atomic mass is 9.80. The molecule has 1 aliphatic carbocycles. The average Bonchev–Trinajstić information content (AvgIpc) is 2.29. The number of benzene rings is 1. The molecule has 17 heavy (non-hydrogen) atoms. The average molecular weight is 233 g/mol. The standard InChI is InChI=1S/C15H23NO/c1-10-5-7-14(8-12(10)3)17-15-9-13(16)6-4-11(15)2/h4,6,9-10,12,14H,5,7-8,16H2,1-3H3. The van der Waals surface area contributed by atoms with Crippen LogP contribution in [0.1, 0.15) is 38.7 Å². The number of nitrogens with two attached hydrogens (primary N) is 1. The van der Waals surface area contributed by atoms with E-state index in [9.17, 15) is 0 Å². The maximum Gasteiger partial charge on any atom is 0.124 e. The number of anilines is 1. The SMILES string of the molecule is Cc1ccc(N)cc1OC1CCC(C)C(C)C1. The summed E-state index contributed by atoms with van der Waals surface area (Å²) in [5.41, 5.74) is 7.75. The van der Waals surface area contributed by atoms with Crippen LogP contribution in [0.5, 0.6) is 5.75 Å². The number of rotatable bonds is 2. The van der Waals surface area contributed by atoms with E-state index in [1.54, 1.807) is 0 Å². The largest absolute Gasteiger partial charge is 0.490 e. The summed E-state index contributed by atoms with van der Waals surface area (Å²) in [7, 11) is 0. The highest BCUT2D eigenvalue weighted by Gasteiger charge is 2.25. The van der Waals surface area contributed by atoms with Crippen LogP contribution < -0.4 is 10.5 Å². The Morgan fingerprint density at radius 2 is 1.94 bits per heavy atom. The number of ether oxygens (including phenoxy) is 1. The smallest absolute Gasteiger partial charge is 0.124 e. The Hall–Kier alpha value is -1.18. The van der Waals surface area contributed by atoms with Gasteiger partial charge in [0.25, 0.3) is 0 Å². The summed E-state index contributed by atoms with van der Waals surface area (Å²) < 4.78 is 6.11. The first-order valence-corrected chi connectivity index (χ1v) is 6.59. The van der Waals surface area contributed by atoms with E-state index in [-0.39, 0.29) is 0 Å². The molecular weight excluding hydrogens is 210 g/mol. The Morgan fingerprint density at radius 3 is 2.65 bits per heavy atom. The van der Waals surface area contributed by atoms with E-state index < -0.39 is 0 Å². The van der Waals surface area contributed by atoms with E-state index in [1.165, 1.54) is 18.4 Å². The molecule has 0 saturated heterocycles. The third kappa shape index (κ3) is 2.93. The molecule has 1 aromatic carbocycles. The number of hydrogen-bond donors (Lipinski definition) is 1. The van der Waals surface area contributed by atoms with Gasteiger partial charge in [-0.1, -0.05) is 19.9 Å². The van der Waals surface area contributed by atoms with Crippen LogP contribution in [0, 0.1) is 18.8 Å². The first-order valence-electron chi connectivity index (χ1n) is 6.59. The minimum absolute atomic E-state index is 0.363. The Labute approximate surface area is 104 Å². The molecule has 2 N–H and O–H groups in total. The molecule has 0 aliphatic heterocycles. The zero-order chi connectivity index (χ0) is 12.4. The molecule has 1 aromatic rings. The van der Waals surface area contributed by atoms with Crippen LogP contribution in [0.3, 0.4) is 0 Å². The van der Waals surface area contributed by atoms with Gasteiger partial charge in [0.15, 0.2) is 0 Å². The summed E-state index contributed by atoms with van der Waals surface area (Å²) in [6.45, 7) is 6.74. The van der Waals surface area contributed by atoms with Gasteiger partial charge in [0.1, 0.15) is 5.75 Å². The van der Waals surface area contributed by atoms with Gasteiger partial charge in [-0.15, -0.1) is 0 Å². The van der Waals surface area contributed by atoms with Crippen molar-refractivity contribution in [2.75, 3.05) is 5.73 Å². The molecule has 1 fully saturated rings. The van der Waals surface area contributed by atoms with Crippen molar-refractivity contribution in [1.29, 1.82) is 0 Å². The molecule has 0 radical (unpaired) electrons. The van der Waals surface area contributed by atoms with Crippen molar-refractivity contribution in [3.63, 3.8) is 0 Å². The lowest BCUT2D eigenvalue weighted by Crippen LogP contribution is -2.28. The van der Waals surface area contributed by atoms with Crippen molar-refractivity contribution >= 4 is 5.69 Å². The quantitative estimate of drug-likeness (QED) is 0.789. The van der Waals surface area contributed by atoms with Crippen LogP contribution in [-0.4, -0.2) is 6.10 Å². The lowest BCUT2D eigenvalue weighted by molar-refractivity contribution is 0.100. The van der Waals surface area contributed by atoms with Crippen molar-refractivity contribution in [1.82, 2.24) is 0 Å². The van der Waals surface area contributed by atoms with E-state index in [0.29, 0.717) is 6.10 Å². The van der Waals surface area contributed by atoms with Gasteiger partial charge in [0.05, 0.1) is 6.10 Å². The van der Waals surface area contributed by atoms with Crippen molar-refractivity contribution in [3.8, 4) is 5.75 Å². The molecule has 1 aliphatic rings. The van der Waals surface area contributed by atoms with Crippen molar-refractivity contribution in [3.05, 3.63) is 23.8 Å². The third-order valence-corrected chi connectivity index (χ3v) is 4.06. The van der Waals surface area contributed by atoms with Crippen molar-refractivity contribution in [2.45, 2.75) is 46.1 Å². The van der Waals surface area contributed by atoms with E-state index in [1.807, 2.05) is 18.2 Å². The molecule has 0 amide bonds. The summed E-state index contributed by atoms with van der Waals surface area (Å²) in [6.07, 6.45) is 3.96. The minimum Gasteiger partial charge on any atom is -0.490 e. The van der Waals surface area contributed by atoms with Gasteiger partial charge < -0.3 is 10.5 Å². The molecule has 2 nitrogen and oxygen atoms in total. The van der Waals surface area contributed by atoms with Crippen LogP contribution in [0.25, 0.3) is 0 Å². The molecule has 1 saturated carbocycles. The second-order valence-electron chi connectivity index (χ2n) is 5.53. The maximum absolute atomic E-state index is 6.11. The number of hydrogen-bond acceptors (Lipinski definition) is 2. The predicted octanol–water partition coefficient (Wildman–Crippen LogP) is 3.78. The second kappa shape index (κ2) is 4.99. The normalized spacial score (nSPS) is 29.0. The van der Waals surface area contributed by atoms with Gasteiger partial charge in [-0.05, 0) is 49.7 Å². The van der Waals surface area contributed by atoms with Crippen molar-refractivity contribution < 1.29 is 4.74 Å². The molecule has 2 rings (SSSR count). The van der Waals surface area contributed by atoms with Crippen LogP contribution >= 0.6 is 0 Å². The number of aryl methyl sites for hydroxylation is 1. The van der Waals surface area contributed by atoms with Crippen molar-refractivity contribution in [2.24, 2.45) is 11.8 Å². The van der Waals surface area contributed by atoms with Crippen LogP contribution in [-0.2, 0) is 0 Å². The number of nitrogen functional groups attached to an aromatic ring is 1. The Morgan fingerprint density at radius 1 is 1.18 bits per heavy atom. The van der Waals surface area contributed by atoms with E-state index in [0.717, 1.165) is 29.7 Å². The first kappa shape index (κ1) is 12.3. The zero-order valence-corrected chi connectivity index (χ0v) is 11.1. The molecule has 3 atom stereocenters. The van der Waals surface area contributed by atoms with Gasteiger partial charge in [-0.2, -0.15) is 0 Å². The summed E-state index contributed by atoms with van der Waals surface area (Å²) in [4.78, 5) is 0. The van der Waals surface area contributed by atoms with Gasteiger partial charge in [0, 0.05) is 11.8 Å². The summed E-state index contributed by atoms with van der Waals surface area (Å²) in [5.74, 6) is 2.55. The lowest BCUT2D eigenvalue weighted by Gasteiger charge is -2.32. The van der Waals surface area contributed by atoms with Crippen LogP contribution in [0.15, 0.2) is 18.2 Å². The fourth-order valence-electron chi connectivity index (χ4n) is 2.53. The molecule has 0 spiro atoms. The monoisotopic (exact) mass is 233 g/mol. The first-order chi connectivity index (χ1) is 8.06. The molecule has 0 heterocycles. The summed E-state index contributed by atoms with van der Waals surface area (Å²) >= 11 is 0. The molecule has 0 aromatic heterocycles. The third-order valence-electron chi connectivity index (χ3n) is 4.06. The van der Waals surface area contributed by atoms with Gasteiger partial charge in [-0.3, -0.25) is 0 Å². The molecule has 0 bridgehead atoms. The zero-order valence-electron chi connectivity index (χ0n) is 11.1. The Balaban J connectivity index is 2.03. The predicted molar refractivity (Wildman–Crippen MR) is 72.2 cm³/mol. The van der Waals surface area contributed by atoms with E-state index in [2.05, 4.69) is 20.8 Å². The highest BCUT2D eigenvalue weighted by atomic mass is 16.5. The van der Waals surface area contributed by atoms with Gasteiger partial charge >= 0.3 is 0 Å². The second-order valence-corrected chi connectivity index (χ2v) is 5.53. The fourth-order valence-corrected chi connectivity index (χ4v) is 2.53. The molecule has 3 unspecified atom stereocenters. The molecule has 2 heteroatoms. The fraction of sp³-hybridized carbons (Fsp3) is 0.600. The van der Waals surface area contributed by atoms with Crippen LogP contribution in [0.2, 0.25) is 0 Å². The summed E-state index contributed by atoms with van der Waals surface area (Å²) in [5, 5.41) is 0. The Kier molecular flexibility index (Phi) is 3.60. The Bertz CT molecular complexity index is 389. The molecule has 94 valence electrons. The van der Waals surface area contributed by atoms with E-state index in [4.69, 9.17) is 10.5 Å². The highest BCUT2D eigenvalue weighted by Crippen LogP contribution is 2.33. The van der Waals surface area contributed by atoms with E-state index >= 15 is 0 Å². The van der Waals surface area contributed by atoms with Gasteiger partial charge in [-0.25, -0.2) is 0 Å². The molecular formula is C15H23NO. The minimum atomic E-state index is 0.363. The van der Waals surface area contributed by atoms with Crippen LogP contribution in [0.4, 0.5) is 5.69 Å². The topological polar surface area (TPSA) is 35.2 Å². The van der Waals surface area contributed by atoms with Gasteiger partial charge in [0.2, 0.25) is 0 Å². The summed E-state index contributed by atoms with van der Waals surface area (Å²) in [6, 6.07) is 5.89. The maximum atomic E-state index is 6.11.